The molecule has 3 heterocycles. The molecule has 2 aliphatic rings. The first kappa shape index (κ1) is 21.6. The van der Waals surface area contributed by atoms with Crippen LogP contribution in [0.5, 0.6) is 0 Å². The summed E-state index contributed by atoms with van der Waals surface area (Å²) in [7, 11) is 1.73. The number of anilines is 1. The zero-order valence-electron chi connectivity index (χ0n) is 19.3. The average molecular weight is 449 g/mol. The molecule has 1 spiro atoms. The molecule has 2 saturated heterocycles. The molecule has 1 atom stereocenters. The predicted molar refractivity (Wildman–Crippen MR) is 126 cm³/mol. The molecule has 1 aromatic heterocycles. The van der Waals surface area contributed by atoms with Gasteiger partial charge in [0.1, 0.15) is 5.82 Å². The van der Waals surface area contributed by atoms with Crippen LogP contribution in [0.2, 0.25) is 0 Å². The van der Waals surface area contributed by atoms with Crippen LogP contribution in [0.1, 0.15) is 34.3 Å². The number of methoxy groups -OCH3 is 1. The molecule has 5 rings (SSSR count). The number of benzene rings is 2. The number of H-pyrrole nitrogens is 1. The maximum atomic E-state index is 13.9. The van der Waals surface area contributed by atoms with Crippen LogP contribution in [-0.4, -0.2) is 59.4 Å². The molecule has 2 fully saturated rings. The van der Waals surface area contributed by atoms with Crippen LogP contribution in [-0.2, 0) is 4.74 Å². The zero-order chi connectivity index (χ0) is 23.2. The van der Waals surface area contributed by atoms with Crippen molar-refractivity contribution in [3.63, 3.8) is 0 Å². The van der Waals surface area contributed by atoms with Gasteiger partial charge in [-0.05, 0) is 50.5 Å². The highest BCUT2D eigenvalue weighted by atomic mass is 19.1. The minimum absolute atomic E-state index is 0.0147. The third kappa shape index (κ3) is 3.60. The normalized spacial score (nSPS) is 19.6. The van der Waals surface area contributed by atoms with Crippen molar-refractivity contribution in [2.45, 2.75) is 38.3 Å². The molecule has 3 aromatic rings. The maximum absolute atomic E-state index is 13.9. The minimum atomic E-state index is -0.241. The van der Waals surface area contributed by atoms with E-state index in [0.29, 0.717) is 18.7 Å². The Hall–Kier alpha value is -3.19. The minimum Gasteiger partial charge on any atom is -0.377 e. The number of carbonyl (C=O) groups excluding carboxylic acids is 1. The summed E-state index contributed by atoms with van der Waals surface area (Å²) in [5.74, 6) is -0.255. The van der Waals surface area contributed by atoms with Crippen molar-refractivity contribution in [3.8, 4) is 11.3 Å². The summed E-state index contributed by atoms with van der Waals surface area (Å²) in [6, 6.07) is 12.9. The molecular weight excluding hydrogens is 419 g/mol. The van der Waals surface area contributed by atoms with Crippen molar-refractivity contribution in [1.82, 2.24) is 15.1 Å². The summed E-state index contributed by atoms with van der Waals surface area (Å²) in [6.45, 7) is 6.06. The molecule has 7 heteroatoms. The highest BCUT2D eigenvalue weighted by Crippen LogP contribution is 2.45. The lowest BCUT2D eigenvalue weighted by molar-refractivity contribution is -0.0433. The molecule has 1 unspecified atom stereocenters. The van der Waals surface area contributed by atoms with Crippen LogP contribution in [0.15, 0.2) is 48.7 Å². The van der Waals surface area contributed by atoms with E-state index < -0.39 is 0 Å². The van der Waals surface area contributed by atoms with Gasteiger partial charge in [0.15, 0.2) is 0 Å². The second-order valence-corrected chi connectivity index (χ2v) is 9.19. The van der Waals surface area contributed by atoms with Gasteiger partial charge in [-0.25, -0.2) is 4.39 Å². The van der Waals surface area contributed by atoms with E-state index in [4.69, 9.17) is 4.74 Å². The van der Waals surface area contributed by atoms with Gasteiger partial charge in [0, 0.05) is 38.0 Å². The maximum Gasteiger partial charge on any atom is 0.257 e. The summed E-state index contributed by atoms with van der Waals surface area (Å²) in [5, 5.41) is 7.21. The fourth-order valence-corrected chi connectivity index (χ4v) is 5.49. The SMILES string of the molecule is COC1CN(c2cccc(F)c2)C12CCN(C(=O)c1cn[nH]c1-c1ccc(C)cc1C)CC2. The first-order valence-corrected chi connectivity index (χ1v) is 11.4. The number of aromatic amines is 1. The summed E-state index contributed by atoms with van der Waals surface area (Å²) in [6.07, 6.45) is 3.23. The summed E-state index contributed by atoms with van der Waals surface area (Å²) in [5.41, 5.74) is 5.29. The number of halogens is 1. The molecule has 2 aromatic carbocycles. The lowest BCUT2D eigenvalue weighted by Gasteiger charge is -2.61. The Balaban J connectivity index is 1.35. The smallest absolute Gasteiger partial charge is 0.257 e. The van der Waals surface area contributed by atoms with Crippen LogP contribution < -0.4 is 4.90 Å². The Morgan fingerprint density at radius 3 is 2.67 bits per heavy atom. The monoisotopic (exact) mass is 448 g/mol. The molecule has 0 aliphatic carbocycles. The summed E-state index contributed by atoms with van der Waals surface area (Å²) in [4.78, 5) is 17.6. The molecule has 6 nitrogen and oxygen atoms in total. The number of ether oxygens (including phenoxy) is 1. The summed E-state index contributed by atoms with van der Waals surface area (Å²) >= 11 is 0. The zero-order valence-corrected chi connectivity index (χ0v) is 19.3. The van der Waals surface area contributed by atoms with Crippen LogP contribution in [0.25, 0.3) is 11.3 Å². The van der Waals surface area contributed by atoms with Crippen molar-refractivity contribution in [2.24, 2.45) is 0 Å². The third-order valence-corrected chi connectivity index (χ3v) is 7.33. The number of amides is 1. The van der Waals surface area contributed by atoms with Gasteiger partial charge in [-0.2, -0.15) is 5.10 Å². The number of aryl methyl sites for hydroxylation is 2. The number of aromatic nitrogens is 2. The molecule has 0 bridgehead atoms. The number of hydrogen-bond donors (Lipinski definition) is 1. The molecule has 2 aliphatic heterocycles. The summed E-state index contributed by atoms with van der Waals surface area (Å²) < 4.78 is 19.6. The van der Waals surface area contributed by atoms with Crippen LogP contribution in [0, 0.1) is 19.7 Å². The number of piperidine rings is 1. The second kappa shape index (κ2) is 8.30. The quantitative estimate of drug-likeness (QED) is 0.645. The van der Waals surface area contributed by atoms with Crippen molar-refractivity contribution in [1.29, 1.82) is 0 Å². The number of rotatable bonds is 4. The highest BCUT2D eigenvalue weighted by Gasteiger charge is 2.55. The van der Waals surface area contributed by atoms with E-state index >= 15 is 0 Å². The Kier molecular flexibility index (Phi) is 5.44. The molecule has 1 amide bonds. The largest absolute Gasteiger partial charge is 0.377 e. The lowest BCUT2D eigenvalue weighted by Crippen LogP contribution is -2.74. The van der Waals surface area contributed by atoms with Crippen molar-refractivity contribution in [3.05, 3.63) is 71.2 Å². The number of hydrogen-bond acceptors (Lipinski definition) is 4. The van der Waals surface area contributed by atoms with Gasteiger partial charge in [0.05, 0.1) is 29.1 Å². The van der Waals surface area contributed by atoms with Gasteiger partial charge in [-0.15, -0.1) is 0 Å². The second-order valence-electron chi connectivity index (χ2n) is 9.19. The lowest BCUT2D eigenvalue weighted by atomic mass is 9.73. The van der Waals surface area contributed by atoms with E-state index in [-0.39, 0.29) is 23.4 Å². The number of nitrogens with zero attached hydrogens (tertiary/aromatic N) is 3. The first-order valence-electron chi connectivity index (χ1n) is 11.4. The average Bonchev–Trinajstić information content (AvgIpc) is 3.28. The van der Waals surface area contributed by atoms with Gasteiger partial charge >= 0.3 is 0 Å². The van der Waals surface area contributed by atoms with E-state index in [2.05, 4.69) is 28.1 Å². The first-order chi connectivity index (χ1) is 15.9. The third-order valence-electron chi connectivity index (χ3n) is 7.33. The van der Waals surface area contributed by atoms with Crippen molar-refractivity contribution in [2.75, 3.05) is 31.6 Å². The van der Waals surface area contributed by atoms with E-state index in [1.54, 1.807) is 25.4 Å². The molecule has 172 valence electrons. The van der Waals surface area contributed by atoms with Gasteiger partial charge < -0.3 is 14.5 Å². The standard InChI is InChI=1S/C26H29FN4O2/c1-17-7-8-21(18(2)13-17)24-22(15-28-29-24)25(32)30-11-9-26(10-12-30)23(33-3)16-31(26)20-6-4-5-19(27)14-20/h4-8,13-15,23H,9-12,16H2,1-3H3,(H,28,29). The van der Waals surface area contributed by atoms with Crippen LogP contribution in [0.4, 0.5) is 10.1 Å². The fraction of sp³-hybridized carbons (Fsp3) is 0.385. The Labute approximate surface area is 193 Å². The highest BCUT2D eigenvalue weighted by molar-refractivity contribution is 6.00. The van der Waals surface area contributed by atoms with Gasteiger partial charge in [0.25, 0.3) is 5.91 Å². The van der Waals surface area contributed by atoms with Crippen LogP contribution in [0.3, 0.4) is 0 Å². The van der Waals surface area contributed by atoms with E-state index in [0.717, 1.165) is 41.9 Å². The van der Waals surface area contributed by atoms with Gasteiger partial charge in [0.2, 0.25) is 0 Å². The molecule has 0 saturated carbocycles. The topological polar surface area (TPSA) is 61.5 Å². The molecule has 1 N–H and O–H groups in total. The number of likely N-dealkylation sites (tertiary alicyclic amines) is 1. The van der Waals surface area contributed by atoms with E-state index in [1.165, 1.54) is 11.6 Å². The number of carbonyl (C=O) groups is 1. The fourth-order valence-electron chi connectivity index (χ4n) is 5.49. The van der Waals surface area contributed by atoms with E-state index in [9.17, 15) is 9.18 Å². The van der Waals surface area contributed by atoms with Crippen LogP contribution >= 0.6 is 0 Å². The Morgan fingerprint density at radius 1 is 1.18 bits per heavy atom. The van der Waals surface area contributed by atoms with Crippen molar-refractivity contribution >= 4 is 11.6 Å². The predicted octanol–water partition coefficient (Wildman–Crippen LogP) is 4.34. The van der Waals surface area contributed by atoms with Gasteiger partial charge in [-0.3, -0.25) is 9.89 Å². The van der Waals surface area contributed by atoms with Crippen molar-refractivity contribution < 1.29 is 13.9 Å². The molecule has 0 radical (unpaired) electrons. The molecular formula is C26H29FN4O2. The Morgan fingerprint density at radius 2 is 1.97 bits per heavy atom. The molecule has 33 heavy (non-hydrogen) atoms. The van der Waals surface area contributed by atoms with Gasteiger partial charge in [-0.1, -0.05) is 29.8 Å². The Bertz CT molecular complexity index is 1180. The van der Waals surface area contributed by atoms with E-state index in [1.807, 2.05) is 30.0 Å². The number of nitrogens with one attached hydrogen (secondary N) is 1.